The average molecular weight is 231 g/mol. The van der Waals surface area contributed by atoms with Gasteiger partial charge >= 0.3 is 0 Å². The highest BCUT2D eigenvalue weighted by Crippen LogP contribution is 2.49. The molecule has 1 saturated heterocycles. The maximum atomic E-state index is 11.4. The van der Waals surface area contributed by atoms with Crippen molar-refractivity contribution in [3.8, 4) is 0 Å². The molecule has 4 heteroatoms. The van der Waals surface area contributed by atoms with Crippen molar-refractivity contribution >= 4 is 38.3 Å². The van der Waals surface area contributed by atoms with Crippen LogP contribution in [0.25, 0.3) is 0 Å². The summed E-state index contributed by atoms with van der Waals surface area (Å²) in [6.45, 7) is 0. The highest BCUT2D eigenvalue weighted by Gasteiger charge is 2.36. The molecule has 1 heterocycles. The Morgan fingerprint density at radius 2 is 1.92 bits per heavy atom. The molecule has 0 spiro atoms. The molecule has 0 N–H and O–H groups in total. The smallest absolute Gasteiger partial charge is 0.209 e. The van der Waals surface area contributed by atoms with Crippen molar-refractivity contribution in [2.24, 2.45) is 0 Å². The summed E-state index contributed by atoms with van der Waals surface area (Å²) < 4.78 is -0.125. The second-order valence-electron chi connectivity index (χ2n) is 2.74. The highest BCUT2D eigenvalue weighted by atomic mass is 35.5. The number of carbonyl (C=O) groups is 1. The monoisotopic (exact) mass is 230 g/mol. The Balaban J connectivity index is 2.30. The lowest BCUT2D eigenvalue weighted by atomic mass is 10.0. The van der Waals surface area contributed by atoms with Gasteiger partial charge in [0.05, 0.1) is 5.92 Å². The van der Waals surface area contributed by atoms with Gasteiger partial charge in [0.2, 0.25) is 5.12 Å². The van der Waals surface area contributed by atoms with Crippen LogP contribution in [-0.4, -0.2) is 9.82 Å². The molecule has 2 rings (SSSR count). The summed E-state index contributed by atoms with van der Waals surface area (Å²) in [6.07, 6.45) is 0. The van der Waals surface area contributed by atoms with Gasteiger partial charge in [-0.15, -0.1) is 11.6 Å². The molecule has 2 unspecified atom stereocenters. The second-order valence-corrected chi connectivity index (χ2v) is 5.81. The predicted octanol–water partition coefficient (Wildman–Crippen LogP) is 3.26. The van der Waals surface area contributed by atoms with E-state index < -0.39 is 0 Å². The fourth-order valence-electron chi connectivity index (χ4n) is 1.26. The Labute approximate surface area is 89.6 Å². The molecule has 13 heavy (non-hydrogen) atoms. The highest BCUT2D eigenvalue weighted by molar-refractivity contribution is 8.83. The van der Waals surface area contributed by atoms with E-state index in [0.717, 1.165) is 5.56 Å². The van der Waals surface area contributed by atoms with Gasteiger partial charge in [-0.25, -0.2) is 0 Å². The molecule has 0 radical (unpaired) electrons. The molecule has 1 nitrogen and oxygen atoms in total. The van der Waals surface area contributed by atoms with E-state index in [1.165, 1.54) is 21.6 Å². The molecule has 1 aliphatic heterocycles. The fraction of sp³-hybridized carbons (Fsp3) is 0.222. The van der Waals surface area contributed by atoms with Crippen LogP contribution in [0.5, 0.6) is 0 Å². The van der Waals surface area contributed by atoms with Crippen molar-refractivity contribution in [2.45, 2.75) is 10.6 Å². The topological polar surface area (TPSA) is 17.1 Å². The van der Waals surface area contributed by atoms with Gasteiger partial charge in [-0.3, -0.25) is 4.79 Å². The van der Waals surface area contributed by atoms with Gasteiger partial charge in [-0.2, -0.15) is 0 Å². The van der Waals surface area contributed by atoms with E-state index in [2.05, 4.69) is 0 Å². The molecule has 0 aliphatic carbocycles. The summed E-state index contributed by atoms with van der Waals surface area (Å²) in [5.74, 6) is -0.141. The quantitative estimate of drug-likeness (QED) is 0.545. The number of carbonyl (C=O) groups excluding carboxylic acids is 1. The third kappa shape index (κ3) is 1.87. The van der Waals surface area contributed by atoms with E-state index in [0.29, 0.717) is 0 Å². The van der Waals surface area contributed by atoms with Gasteiger partial charge in [0, 0.05) is 0 Å². The Hall–Kier alpha value is -0.120. The normalized spacial score (nSPS) is 27.9. The van der Waals surface area contributed by atoms with Crippen LogP contribution in [0.3, 0.4) is 0 Å². The molecule has 0 aromatic heterocycles. The number of alkyl halides is 1. The van der Waals surface area contributed by atoms with E-state index in [1.807, 2.05) is 30.3 Å². The minimum atomic E-state index is -0.141. The Bertz CT molecular complexity index is 315. The second kappa shape index (κ2) is 3.95. The number of halogens is 1. The zero-order valence-corrected chi connectivity index (χ0v) is 9.03. The number of hydrogen-bond donors (Lipinski definition) is 0. The SMILES string of the molecule is O=C1SSC(Cl)C1c1ccccc1. The lowest BCUT2D eigenvalue weighted by Gasteiger charge is -2.09. The molecule has 0 bridgehead atoms. The van der Waals surface area contributed by atoms with E-state index in [4.69, 9.17) is 11.6 Å². The third-order valence-corrected chi connectivity index (χ3v) is 5.11. The van der Waals surface area contributed by atoms with Crippen LogP contribution < -0.4 is 0 Å². The maximum absolute atomic E-state index is 11.4. The van der Waals surface area contributed by atoms with Crippen molar-refractivity contribution in [3.05, 3.63) is 35.9 Å². The summed E-state index contributed by atoms with van der Waals surface area (Å²) in [5.41, 5.74) is 1.02. The summed E-state index contributed by atoms with van der Waals surface area (Å²) in [7, 11) is 2.69. The van der Waals surface area contributed by atoms with Crippen LogP contribution in [0.1, 0.15) is 11.5 Å². The summed E-state index contributed by atoms with van der Waals surface area (Å²) in [4.78, 5) is 11.4. The van der Waals surface area contributed by atoms with Crippen molar-refractivity contribution < 1.29 is 4.79 Å². The van der Waals surface area contributed by atoms with Crippen molar-refractivity contribution in [3.63, 3.8) is 0 Å². The number of rotatable bonds is 1. The van der Waals surface area contributed by atoms with Crippen LogP contribution in [0.2, 0.25) is 0 Å². The predicted molar refractivity (Wildman–Crippen MR) is 59.0 cm³/mol. The zero-order valence-electron chi connectivity index (χ0n) is 6.64. The minimum Gasteiger partial charge on any atom is -0.286 e. The largest absolute Gasteiger partial charge is 0.286 e. The van der Waals surface area contributed by atoms with Crippen molar-refractivity contribution in [1.29, 1.82) is 0 Å². The van der Waals surface area contributed by atoms with E-state index in [-0.39, 0.29) is 15.7 Å². The molecule has 1 aromatic rings. The van der Waals surface area contributed by atoms with Crippen molar-refractivity contribution in [2.75, 3.05) is 0 Å². The first kappa shape index (κ1) is 9.44. The molecular weight excluding hydrogens is 224 g/mol. The zero-order chi connectivity index (χ0) is 9.26. The number of hydrogen-bond acceptors (Lipinski definition) is 3. The van der Waals surface area contributed by atoms with E-state index in [1.54, 1.807) is 0 Å². The molecule has 68 valence electrons. The summed E-state index contributed by atoms with van der Waals surface area (Å²) in [6, 6.07) is 9.70. The molecule has 1 aromatic carbocycles. The Morgan fingerprint density at radius 1 is 1.23 bits per heavy atom. The van der Waals surface area contributed by atoms with Crippen LogP contribution in [-0.2, 0) is 4.79 Å². The van der Waals surface area contributed by atoms with Crippen LogP contribution >= 0.6 is 33.2 Å². The van der Waals surface area contributed by atoms with Gasteiger partial charge in [0.25, 0.3) is 0 Å². The van der Waals surface area contributed by atoms with Gasteiger partial charge in [-0.05, 0) is 16.4 Å². The number of benzene rings is 1. The van der Waals surface area contributed by atoms with E-state index >= 15 is 0 Å². The Morgan fingerprint density at radius 3 is 2.46 bits per heavy atom. The van der Waals surface area contributed by atoms with Gasteiger partial charge in [0.15, 0.2) is 0 Å². The lowest BCUT2D eigenvalue weighted by molar-refractivity contribution is -0.111. The molecule has 1 fully saturated rings. The van der Waals surface area contributed by atoms with Crippen LogP contribution in [0, 0.1) is 0 Å². The first-order valence-electron chi connectivity index (χ1n) is 3.85. The molecular formula is C9H7ClOS2. The van der Waals surface area contributed by atoms with Crippen LogP contribution in [0.4, 0.5) is 0 Å². The minimum absolute atomic E-state index is 0.125. The van der Waals surface area contributed by atoms with Crippen molar-refractivity contribution in [1.82, 2.24) is 0 Å². The standard InChI is InChI=1S/C9H7ClOS2/c10-8-7(9(11)13-12-8)6-4-2-1-3-5-6/h1-5,7-8H. The fourth-order valence-corrected chi connectivity index (χ4v) is 4.16. The van der Waals surface area contributed by atoms with E-state index in [9.17, 15) is 4.79 Å². The molecule has 0 saturated carbocycles. The molecule has 0 amide bonds. The summed E-state index contributed by atoms with van der Waals surface area (Å²) >= 11 is 6.03. The van der Waals surface area contributed by atoms with Gasteiger partial charge < -0.3 is 0 Å². The Kier molecular flexibility index (Phi) is 2.86. The lowest BCUT2D eigenvalue weighted by Crippen LogP contribution is -2.10. The van der Waals surface area contributed by atoms with Gasteiger partial charge in [0.1, 0.15) is 4.71 Å². The average Bonchev–Trinajstić information content (AvgIpc) is 2.48. The first-order chi connectivity index (χ1) is 6.29. The third-order valence-electron chi connectivity index (χ3n) is 1.90. The summed E-state index contributed by atoms with van der Waals surface area (Å²) in [5, 5.41) is 0.163. The molecule has 2 atom stereocenters. The first-order valence-corrected chi connectivity index (χ1v) is 6.50. The van der Waals surface area contributed by atoms with Crippen LogP contribution in [0.15, 0.2) is 30.3 Å². The molecule has 1 aliphatic rings. The van der Waals surface area contributed by atoms with Gasteiger partial charge in [-0.1, -0.05) is 41.1 Å². The maximum Gasteiger partial charge on any atom is 0.209 e.